The zero-order valence-electron chi connectivity index (χ0n) is 28.7. The van der Waals surface area contributed by atoms with Crippen LogP contribution in [-0.4, -0.2) is 71.4 Å². The molecule has 264 valence electrons. The Hall–Kier alpha value is -4.84. The molecule has 14 heteroatoms. The quantitative estimate of drug-likeness (QED) is 0.0680. The summed E-state index contributed by atoms with van der Waals surface area (Å²) in [6, 6.07) is 20.0. The molecule has 50 heavy (non-hydrogen) atoms. The minimum atomic E-state index is -3.14. The number of nitrogens with zero attached hydrogens (tertiary/aromatic N) is 4. The first-order valence-electron chi connectivity index (χ1n) is 16.6. The molecule has 5 rings (SSSR count). The molecular formula is C36H43FN6O6Si. The number of ether oxygens (including phenoxy) is 3. The molecule has 1 saturated heterocycles. The lowest BCUT2D eigenvalue weighted by molar-refractivity contribution is -0.142. The monoisotopic (exact) mass is 702 g/mol. The highest BCUT2D eigenvalue weighted by Gasteiger charge is 2.56. The largest absolute Gasteiger partial charge is 0.464 e. The summed E-state index contributed by atoms with van der Waals surface area (Å²) < 4.78 is 40.6. The van der Waals surface area contributed by atoms with Crippen molar-refractivity contribution in [3.8, 4) is 12.3 Å². The first-order chi connectivity index (χ1) is 23.9. The minimum absolute atomic E-state index is 0.0141. The first kappa shape index (κ1) is 36.4. The summed E-state index contributed by atoms with van der Waals surface area (Å²) in [5, 5.41) is 4.08. The third-order valence-electron chi connectivity index (χ3n) is 8.82. The van der Waals surface area contributed by atoms with Crippen LogP contribution in [0.25, 0.3) is 11.2 Å². The number of carbonyl (C=O) groups excluding carboxylic acids is 2. The number of unbranched alkanes of at least 4 members (excludes halogenated alkanes) is 2. The van der Waals surface area contributed by atoms with Crippen LogP contribution in [-0.2, 0) is 23.4 Å². The van der Waals surface area contributed by atoms with Crippen LogP contribution >= 0.6 is 0 Å². The van der Waals surface area contributed by atoms with Crippen LogP contribution in [0.4, 0.5) is 15.0 Å². The van der Waals surface area contributed by atoms with E-state index >= 15 is 0 Å². The third kappa shape index (κ3) is 7.50. The van der Waals surface area contributed by atoms with Crippen molar-refractivity contribution >= 4 is 47.7 Å². The van der Waals surface area contributed by atoms with E-state index in [0.29, 0.717) is 0 Å². The molecule has 2 aromatic heterocycles. The molecule has 2 aromatic carbocycles. The van der Waals surface area contributed by atoms with Gasteiger partial charge in [0.25, 0.3) is 8.32 Å². The number of rotatable bonds is 13. The lowest BCUT2D eigenvalue weighted by atomic mass is 9.98. The lowest BCUT2D eigenvalue weighted by Crippen LogP contribution is -2.68. The number of aromatic nitrogens is 4. The lowest BCUT2D eigenvalue weighted by Gasteiger charge is -2.44. The van der Waals surface area contributed by atoms with Crippen molar-refractivity contribution in [3.63, 3.8) is 0 Å². The molecule has 3 atom stereocenters. The molecule has 12 nitrogen and oxygen atoms in total. The van der Waals surface area contributed by atoms with E-state index in [2.05, 4.69) is 47.0 Å². The Morgan fingerprint density at radius 3 is 2.38 bits per heavy atom. The van der Waals surface area contributed by atoms with Crippen molar-refractivity contribution in [1.29, 1.82) is 0 Å². The van der Waals surface area contributed by atoms with Gasteiger partial charge in [-0.25, -0.2) is 9.78 Å². The maximum Gasteiger partial charge on any atom is 0.408 e. The molecule has 1 fully saturated rings. The molecule has 0 spiro atoms. The standard InChI is InChI=1S/C36H43FN6O6Si/c1-6-8-15-20-46-29(44)22-39-34(45)48-27-21-28(43-24-40-30-31(38)41-33(37)42-32(30)43)49-36(27,7-2)23-47-50(35(3,4)5,25-16-11-9-12-17-25)26-18-13-10-14-19-26/h2,9-14,16-19,24,27-28H,6,8,15,20-23H2,1,3-5H3,(H,39,45)(H2,38,41,42)/t27-,28+,36+/m0/s1. The van der Waals surface area contributed by atoms with E-state index in [-0.39, 0.29) is 36.6 Å². The SMILES string of the molecule is C#C[C@]1(CO[Si](c2ccccc2)(c2ccccc2)C(C)(C)C)O[C@@H](n2cnc3c(N)nc(F)nc32)C[C@@H]1OC(=O)NCC(=O)OCCCCC. The number of amides is 1. The second kappa shape index (κ2) is 15.4. The van der Waals surface area contributed by atoms with Gasteiger partial charge in [0.15, 0.2) is 28.7 Å². The van der Waals surface area contributed by atoms with Crippen LogP contribution in [0.2, 0.25) is 5.04 Å². The highest BCUT2D eigenvalue weighted by Crippen LogP contribution is 2.43. The Kier molecular flexibility index (Phi) is 11.2. The van der Waals surface area contributed by atoms with Gasteiger partial charge in [0, 0.05) is 6.42 Å². The summed E-state index contributed by atoms with van der Waals surface area (Å²) >= 11 is 0. The van der Waals surface area contributed by atoms with Crippen molar-refractivity contribution < 1.29 is 32.6 Å². The third-order valence-corrected chi connectivity index (χ3v) is 13.8. The molecule has 0 radical (unpaired) electrons. The number of nitrogen functional groups attached to an aromatic ring is 1. The van der Waals surface area contributed by atoms with E-state index in [4.69, 9.17) is 30.8 Å². The average Bonchev–Trinajstić information content (AvgIpc) is 3.68. The number of hydrogen-bond acceptors (Lipinski definition) is 10. The average molecular weight is 703 g/mol. The fourth-order valence-corrected chi connectivity index (χ4v) is 10.9. The molecule has 3 N–H and O–H groups in total. The summed E-state index contributed by atoms with van der Waals surface area (Å²) in [7, 11) is -3.14. The number of alkyl carbamates (subject to hydrolysis) is 1. The molecular weight excluding hydrogens is 660 g/mol. The number of fused-ring (bicyclic) bond motifs is 1. The number of terminal acetylenes is 1. The van der Waals surface area contributed by atoms with E-state index in [1.54, 1.807) is 0 Å². The predicted octanol–water partition coefficient (Wildman–Crippen LogP) is 4.24. The predicted molar refractivity (Wildman–Crippen MR) is 188 cm³/mol. The second-order valence-electron chi connectivity index (χ2n) is 13.2. The van der Waals surface area contributed by atoms with E-state index in [1.165, 1.54) is 10.9 Å². The number of halogens is 1. The summed E-state index contributed by atoms with van der Waals surface area (Å²) in [6.07, 6.45) is 6.36. The van der Waals surface area contributed by atoms with Gasteiger partial charge in [-0.15, -0.1) is 6.42 Å². The number of benzene rings is 2. The summed E-state index contributed by atoms with van der Waals surface area (Å²) in [5.74, 6) is 2.00. The number of nitrogens with one attached hydrogen (secondary N) is 1. The summed E-state index contributed by atoms with van der Waals surface area (Å²) in [6.45, 7) is 8.10. The number of nitrogens with two attached hydrogens (primary N) is 1. The number of anilines is 1. The Balaban J connectivity index is 1.49. The van der Waals surface area contributed by atoms with E-state index < -0.39 is 56.0 Å². The molecule has 4 aromatic rings. The van der Waals surface area contributed by atoms with Crippen molar-refractivity contribution in [1.82, 2.24) is 24.8 Å². The summed E-state index contributed by atoms with van der Waals surface area (Å²) in [4.78, 5) is 37.2. The van der Waals surface area contributed by atoms with Gasteiger partial charge in [0.05, 0.1) is 19.5 Å². The Bertz CT molecular complexity index is 1790. The number of imidazole rings is 1. The van der Waals surface area contributed by atoms with Gasteiger partial charge < -0.3 is 29.7 Å². The molecule has 1 amide bonds. The van der Waals surface area contributed by atoms with Crippen LogP contribution < -0.4 is 21.4 Å². The smallest absolute Gasteiger partial charge is 0.408 e. The molecule has 1 aliphatic rings. The topological polar surface area (TPSA) is 153 Å². The van der Waals surface area contributed by atoms with Gasteiger partial charge in [-0.05, 0) is 21.8 Å². The molecule has 0 saturated carbocycles. The Morgan fingerprint density at radius 2 is 1.78 bits per heavy atom. The maximum absolute atomic E-state index is 14.3. The normalized spacial score (nSPS) is 19.2. The molecule has 0 aliphatic carbocycles. The fourth-order valence-electron chi connectivity index (χ4n) is 6.35. The van der Waals surface area contributed by atoms with Crippen LogP contribution in [0.3, 0.4) is 0 Å². The molecule has 3 heterocycles. The van der Waals surface area contributed by atoms with E-state index in [1.807, 2.05) is 67.6 Å². The highest BCUT2D eigenvalue weighted by atomic mass is 28.4. The van der Waals surface area contributed by atoms with Gasteiger partial charge in [-0.2, -0.15) is 14.4 Å². The van der Waals surface area contributed by atoms with Crippen LogP contribution in [0.15, 0.2) is 67.0 Å². The molecule has 0 bridgehead atoms. The zero-order chi connectivity index (χ0) is 35.9. The Morgan fingerprint density at radius 1 is 1.12 bits per heavy atom. The van der Waals surface area contributed by atoms with Gasteiger partial charge in [-0.1, -0.05) is 107 Å². The maximum atomic E-state index is 14.3. The van der Waals surface area contributed by atoms with Gasteiger partial charge in [0.2, 0.25) is 0 Å². The minimum Gasteiger partial charge on any atom is -0.464 e. The Labute approximate surface area is 292 Å². The van der Waals surface area contributed by atoms with Gasteiger partial charge >= 0.3 is 18.1 Å². The number of esters is 1. The van der Waals surface area contributed by atoms with Crippen molar-refractivity contribution in [2.24, 2.45) is 0 Å². The van der Waals surface area contributed by atoms with Crippen LogP contribution in [0.5, 0.6) is 0 Å². The fraction of sp³-hybridized carbons (Fsp3) is 0.417. The molecule has 0 unspecified atom stereocenters. The zero-order valence-corrected chi connectivity index (χ0v) is 29.7. The van der Waals surface area contributed by atoms with Crippen molar-refractivity contribution in [2.45, 2.75) is 76.3 Å². The first-order valence-corrected chi connectivity index (χ1v) is 18.5. The van der Waals surface area contributed by atoms with E-state index in [0.717, 1.165) is 29.6 Å². The van der Waals surface area contributed by atoms with Crippen LogP contribution in [0, 0.1) is 18.4 Å². The van der Waals surface area contributed by atoms with Crippen molar-refractivity contribution in [2.75, 3.05) is 25.5 Å². The van der Waals surface area contributed by atoms with Gasteiger partial charge in [0.1, 0.15) is 12.8 Å². The van der Waals surface area contributed by atoms with Gasteiger partial charge in [-0.3, -0.25) is 9.36 Å². The van der Waals surface area contributed by atoms with E-state index in [9.17, 15) is 14.0 Å². The highest BCUT2D eigenvalue weighted by molar-refractivity contribution is 6.99. The van der Waals surface area contributed by atoms with Crippen molar-refractivity contribution in [3.05, 3.63) is 73.1 Å². The summed E-state index contributed by atoms with van der Waals surface area (Å²) in [5.41, 5.74) is 4.53. The molecule has 1 aliphatic heterocycles. The number of carbonyl (C=O) groups is 2. The number of hydrogen-bond donors (Lipinski definition) is 2. The van der Waals surface area contributed by atoms with Crippen LogP contribution in [0.1, 0.15) is 59.6 Å². The second-order valence-corrected chi connectivity index (χ2v) is 17.5.